The zero-order valence-electron chi connectivity index (χ0n) is 9.85. The highest BCUT2D eigenvalue weighted by molar-refractivity contribution is 6.30. The fraction of sp³-hybridized carbons (Fsp3) is 0.273. The van der Waals surface area contributed by atoms with Crippen LogP contribution in [0.5, 0.6) is 0 Å². The maximum absolute atomic E-state index is 5.65. The first-order valence-corrected chi connectivity index (χ1v) is 6.05. The average Bonchev–Trinajstić information content (AvgIpc) is 2.41. The van der Waals surface area contributed by atoms with Crippen LogP contribution in [0.2, 0.25) is 10.3 Å². The standard InChI is InChI=1S/C6H7ClN2.C5H6ClN3/c1-2-5-6(7)9-4-3-8-5;6-5-4(3-7)8-1-2-9-5/h3-4H,2H2,1H3;1-2H,3,7H2. The molecule has 7 heteroatoms. The molecule has 0 saturated carbocycles. The molecule has 0 amide bonds. The maximum Gasteiger partial charge on any atom is 0.151 e. The summed E-state index contributed by atoms with van der Waals surface area (Å²) < 4.78 is 0. The normalized spacial score (nSPS) is 9.56. The van der Waals surface area contributed by atoms with E-state index in [9.17, 15) is 0 Å². The summed E-state index contributed by atoms with van der Waals surface area (Å²) in [6.07, 6.45) is 7.16. The topological polar surface area (TPSA) is 77.6 Å². The van der Waals surface area contributed by atoms with Gasteiger partial charge < -0.3 is 5.73 Å². The van der Waals surface area contributed by atoms with Gasteiger partial charge in [0.15, 0.2) is 5.15 Å². The first-order valence-electron chi connectivity index (χ1n) is 5.29. The number of aryl methyl sites for hydroxylation is 1. The van der Waals surface area contributed by atoms with Gasteiger partial charge in [0.25, 0.3) is 0 Å². The summed E-state index contributed by atoms with van der Waals surface area (Å²) >= 11 is 11.2. The number of hydrogen-bond donors (Lipinski definition) is 1. The van der Waals surface area contributed by atoms with Crippen molar-refractivity contribution in [1.29, 1.82) is 0 Å². The molecule has 2 heterocycles. The van der Waals surface area contributed by atoms with Crippen LogP contribution in [0.15, 0.2) is 24.8 Å². The highest BCUT2D eigenvalue weighted by Gasteiger charge is 1.96. The van der Waals surface area contributed by atoms with Gasteiger partial charge in [0.05, 0.1) is 11.4 Å². The van der Waals surface area contributed by atoms with Crippen molar-refractivity contribution in [3.8, 4) is 0 Å². The fourth-order valence-corrected chi connectivity index (χ4v) is 1.49. The summed E-state index contributed by atoms with van der Waals surface area (Å²) in [4.78, 5) is 15.5. The molecule has 0 aromatic carbocycles. The minimum absolute atomic E-state index is 0.340. The Bertz CT molecular complexity index is 447. The molecule has 2 aromatic heterocycles. The molecule has 2 aromatic rings. The van der Waals surface area contributed by atoms with E-state index in [0.717, 1.165) is 12.1 Å². The first kappa shape index (κ1) is 14.8. The van der Waals surface area contributed by atoms with Crippen LogP contribution >= 0.6 is 23.2 Å². The van der Waals surface area contributed by atoms with E-state index in [1.165, 1.54) is 6.20 Å². The summed E-state index contributed by atoms with van der Waals surface area (Å²) in [7, 11) is 0. The third kappa shape index (κ3) is 4.52. The number of halogens is 2. The van der Waals surface area contributed by atoms with Gasteiger partial charge in [0.1, 0.15) is 5.15 Å². The summed E-state index contributed by atoms with van der Waals surface area (Å²) in [5.41, 5.74) is 6.76. The van der Waals surface area contributed by atoms with Crippen LogP contribution in [0.1, 0.15) is 18.3 Å². The first-order chi connectivity index (χ1) is 8.69. The van der Waals surface area contributed by atoms with Crippen molar-refractivity contribution in [2.24, 2.45) is 5.73 Å². The van der Waals surface area contributed by atoms with Crippen LogP contribution in [0.4, 0.5) is 0 Å². The van der Waals surface area contributed by atoms with Gasteiger partial charge in [-0.1, -0.05) is 30.1 Å². The Morgan fingerprint density at radius 3 is 1.61 bits per heavy atom. The fourth-order valence-electron chi connectivity index (χ4n) is 1.07. The SMILES string of the molecule is CCc1nccnc1Cl.NCc1nccnc1Cl. The minimum atomic E-state index is 0.340. The van der Waals surface area contributed by atoms with E-state index in [-0.39, 0.29) is 0 Å². The second kappa shape index (κ2) is 7.92. The van der Waals surface area contributed by atoms with Crippen molar-refractivity contribution >= 4 is 23.2 Å². The van der Waals surface area contributed by atoms with Gasteiger partial charge in [-0.25, -0.2) is 9.97 Å². The Balaban J connectivity index is 0.000000180. The second-order valence-corrected chi connectivity index (χ2v) is 3.86. The number of aromatic nitrogens is 4. The lowest BCUT2D eigenvalue weighted by atomic mass is 10.4. The monoisotopic (exact) mass is 285 g/mol. The highest BCUT2D eigenvalue weighted by Crippen LogP contribution is 2.07. The molecule has 18 heavy (non-hydrogen) atoms. The second-order valence-electron chi connectivity index (χ2n) is 3.15. The Kier molecular flexibility index (Phi) is 6.49. The van der Waals surface area contributed by atoms with Gasteiger partial charge in [-0.05, 0) is 6.42 Å². The molecule has 2 N–H and O–H groups in total. The molecule has 0 aliphatic heterocycles. The highest BCUT2D eigenvalue weighted by atomic mass is 35.5. The van der Waals surface area contributed by atoms with Crippen LogP contribution in [0.25, 0.3) is 0 Å². The Morgan fingerprint density at radius 1 is 0.889 bits per heavy atom. The number of nitrogens with two attached hydrogens (primary N) is 1. The van der Waals surface area contributed by atoms with Crippen molar-refractivity contribution in [3.63, 3.8) is 0 Å². The quantitative estimate of drug-likeness (QED) is 0.916. The molecule has 0 spiro atoms. The van der Waals surface area contributed by atoms with Crippen molar-refractivity contribution in [2.75, 3.05) is 0 Å². The van der Waals surface area contributed by atoms with Crippen LogP contribution in [0.3, 0.4) is 0 Å². The van der Waals surface area contributed by atoms with Crippen molar-refractivity contribution in [1.82, 2.24) is 19.9 Å². The predicted octanol–water partition coefficient (Wildman–Crippen LogP) is 2.28. The third-order valence-corrected chi connectivity index (χ3v) is 2.61. The van der Waals surface area contributed by atoms with Gasteiger partial charge >= 0.3 is 0 Å². The molecular weight excluding hydrogens is 273 g/mol. The average molecular weight is 286 g/mol. The Hall–Kier alpha value is -1.30. The molecular formula is C11H13Cl2N5. The maximum atomic E-state index is 5.65. The van der Waals surface area contributed by atoms with Gasteiger partial charge in [-0.15, -0.1) is 0 Å². The van der Waals surface area contributed by atoms with E-state index >= 15 is 0 Å². The Labute approximate surface area is 115 Å². The van der Waals surface area contributed by atoms with Crippen molar-refractivity contribution in [3.05, 3.63) is 46.5 Å². The Morgan fingerprint density at radius 2 is 1.33 bits per heavy atom. The van der Waals surface area contributed by atoms with E-state index < -0.39 is 0 Å². The van der Waals surface area contributed by atoms with Crippen molar-refractivity contribution < 1.29 is 0 Å². The van der Waals surface area contributed by atoms with Crippen LogP contribution in [0, 0.1) is 0 Å². The molecule has 96 valence electrons. The molecule has 0 fully saturated rings. The lowest BCUT2D eigenvalue weighted by Gasteiger charge is -1.94. The summed E-state index contributed by atoms with van der Waals surface area (Å²) in [6.45, 7) is 2.34. The van der Waals surface area contributed by atoms with Gasteiger partial charge in [0.2, 0.25) is 0 Å². The van der Waals surface area contributed by atoms with Gasteiger partial charge in [0, 0.05) is 31.3 Å². The smallest absolute Gasteiger partial charge is 0.151 e. The summed E-state index contributed by atoms with van der Waals surface area (Å²) in [6, 6.07) is 0. The van der Waals surface area contributed by atoms with E-state index in [4.69, 9.17) is 28.9 Å². The number of rotatable bonds is 2. The van der Waals surface area contributed by atoms with E-state index in [1.54, 1.807) is 18.6 Å². The molecule has 0 atom stereocenters. The largest absolute Gasteiger partial charge is 0.325 e. The number of hydrogen-bond acceptors (Lipinski definition) is 5. The minimum Gasteiger partial charge on any atom is -0.325 e. The summed E-state index contributed by atoms with van der Waals surface area (Å²) in [5.74, 6) is 0. The molecule has 0 radical (unpaired) electrons. The van der Waals surface area contributed by atoms with Crippen LogP contribution in [-0.2, 0) is 13.0 Å². The van der Waals surface area contributed by atoms with Crippen LogP contribution < -0.4 is 5.73 Å². The third-order valence-electron chi connectivity index (χ3n) is 1.97. The summed E-state index contributed by atoms with van der Waals surface area (Å²) in [5, 5.41) is 0.903. The lowest BCUT2D eigenvalue weighted by Crippen LogP contribution is -2.00. The van der Waals surface area contributed by atoms with E-state index in [0.29, 0.717) is 22.5 Å². The zero-order valence-corrected chi connectivity index (χ0v) is 11.4. The molecule has 0 aliphatic carbocycles. The molecule has 5 nitrogen and oxygen atoms in total. The number of nitrogens with zero attached hydrogens (tertiary/aromatic N) is 4. The molecule has 0 saturated heterocycles. The van der Waals surface area contributed by atoms with Gasteiger partial charge in [-0.3, -0.25) is 9.97 Å². The molecule has 2 rings (SSSR count). The van der Waals surface area contributed by atoms with Crippen LogP contribution in [-0.4, -0.2) is 19.9 Å². The van der Waals surface area contributed by atoms with Crippen molar-refractivity contribution in [2.45, 2.75) is 19.9 Å². The van der Waals surface area contributed by atoms with E-state index in [1.807, 2.05) is 6.92 Å². The molecule has 0 bridgehead atoms. The predicted molar refractivity (Wildman–Crippen MR) is 71.4 cm³/mol. The molecule has 0 aliphatic rings. The molecule has 0 unspecified atom stereocenters. The van der Waals surface area contributed by atoms with Gasteiger partial charge in [-0.2, -0.15) is 0 Å². The lowest BCUT2D eigenvalue weighted by molar-refractivity contribution is 0.964. The zero-order chi connectivity index (χ0) is 13.4. The van der Waals surface area contributed by atoms with E-state index in [2.05, 4.69) is 19.9 Å².